The molecule has 2 saturated heterocycles. The number of likely N-dealkylation sites (tertiary alicyclic amines) is 1. The van der Waals surface area contributed by atoms with E-state index in [0.717, 1.165) is 32.4 Å². The summed E-state index contributed by atoms with van der Waals surface area (Å²) in [5.41, 5.74) is 0.810. The zero-order valence-corrected chi connectivity index (χ0v) is 17.4. The number of nitrogens with zero attached hydrogens (tertiary/aromatic N) is 1. The van der Waals surface area contributed by atoms with E-state index in [1.54, 1.807) is 36.4 Å². The highest BCUT2D eigenvalue weighted by Gasteiger charge is 2.42. The maximum Gasteiger partial charge on any atom is 0.291 e. The minimum atomic E-state index is -3.19. The summed E-state index contributed by atoms with van der Waals surface area (Å²) < 4.78 is 29.6. The fourth-order valence-corrected chi connectivity index (χ4v) is 6.12. The lowest BCUT2D eigenvalue weighted by atomic mass is 10.0. The van der Waals surface area contributed by atoms with Gasteiger partial charge in [0.15, 0.2) is 15.6 Å². The van der Waals surface area contributed by atoms with Gasteiger partial charge in [-0.25, -0.2) is 8.42 Å². The maximum atomic E-state index is 12.9. The van der Waals surface area contributed by atoms with E-state index in [1.807, 2.05) is 0 Å². The number of anilines is 1. The summed E-state index contributed by atoms with van der Waals surface area (Å²) >= 11 is 0. The second-order valence-corrected chi connectivity index (χ2v) is 9.99. The summed E-state index contributed by atoms with van der Waals surface area (Å²) in [5.74, 6) is -0.561. The molecule has 4 rings (SSSR count). The summed E-state index contributed by atoms with van der Waals surface area (Å²) in [6, 6.07) is 9.07. The normalized spacial score (nSPS) is 23.7. The summed E-state index contributed by atoms with van der Waals surface area (Å²) in [5, 5.41) is 5.61. The number of benzene rings is 1. The average molecular weight is 432 g/mol. The van der Waals surface area contributed by atoms with Gasteiger partial charge >= 0.3 is 0 Å². The first kappa shape index (κ1) is 20.6. The molecule has 160 valence electrons. The van der Waals surface area contributed by atoms with Crippen LogP contribution in [0.3, 0.4) is 0 Å². The highest BCUT2D eigenvalue weighted by atomic mass is 32.2. The van der Waals surface area contributed by atoms with Gasteiger partial charge in [0.1, 0.15) is 0 Å². The van der Waals surface area contributed by atoms with Gasteiger partial charge in [-0.1, -0.05) is 12.5 Å². The van der Waals surface area contributed by atoms with Crippen LogP contribution in [0.4, 0.5) is 5.69 Å². The molecule has 8 nitrogen and oxygen atoms in total. The van der Waals surface area contributed by atoms with E-state index in [0.29, 0.717) is 11.3 Å². The van der Waals surface area contributed by atoms with Crippen molar-refractivity contribution < 1.29 is 22.4 Å². The van der Waals surface area contributed by atoms with Crippen molar-refractivity contribution >= 4 is 27.3 Å². The average Bonchev–Trinajstić information content (AvgIpc) is 3.37. The molecule has 2 aliphatic rings. The second-order valence-electron chi connectivity index (χ2n) is 7.83. The predicted molar refractivity (Wildman–Crippen MR) is 112 cm³/mol. The van der Waals surface area contributed by atoms with Crippen molar-refractivity contribution in [1.29, 1.82) is 0 Å². The van der Waals surface area contributed by atoms with Gasteiger partial charge in [0.25, 0.3) is 11.8 Å². The van der Waals surface area contributed by atoms with Crippen LogP contribution in [0, 0.1) is 0 Å². The van der Waals surface area contributed by atoms with Gasteiger partial charge in [0, 0.05) is 17.3 Å². The molecule has 2 atom stereocenters. The number of carbonyl (C=O) groups excluding carboxylic acids is 2. The van der Waals surface area contributed by atoms with Crippen LogP contribution in [0.2, 0.25) is 0 Å². The van der Waals surface area contributed by atoms with E-state index >= 15 is 0 Å². The molecule has 0 aliphatic carbocycles. The topological polar surface area (TPSA) is 109 Å². The van der Waals surface area contributed by atoms with E-state index in [1.165, 1.54) is 6.26 Å². The van der Waals surface area contributed by atoms with Crippen LogP contribution in [0.1, 0.15) is 40.2 Å². The van der Waals surface area contributed by atoms with Crippen molar-refractivity contribution in [2.24, 2.45) is 0 Å². The number of hydrogen-bond donors (Lipinski definition) is 2. The Balaban J connectivity index is 1.45. The Morgan fingerprint density at radius 3 is 2.53 bits per heavy atom. The number of furan rings is 1. The van der Waals surface area contributed by atoms with E-state index in [2.05, 4.69) is 15.5 Å². The van der Waals surface area contributed by atoms with E-state index < -0.39 is 21.8 Å². The van der Waals surface area contributed by atoms with Gasteiger partial charge < -0.3 is 15.1 Å². The minimum Gasteiger partial charge on any atom is -0.459 e. The Hall–Kier alpha value is -2.65. The molecule has 2 fully saturated rings. The predicted octanol–water partition coefficient (Wildman–Crippen LogP) is 1.91. The molecular weight excluding hydrogens is 406 g/mol. The Bertz CT molecular complexity index is 1010. The number of sulfone groups is 1. The molecular formula is C21H25N3O5S. The van der Waals surface area contributed by atoms with Crippen molar-refractivity contribution in [2.75, 3.05) is 29.9 Å². The lowest BCUT2D eigenvalue weighted by Gasteiger charge is -2.35. The van der Waals surface area contributed by atoms with Gasteiger partial charge in [-0.2, -0.15) is 0 Å². The minimum absolute atomic E-state index is 0.0468. The number of nitrogens with one attached hydrogen (secondary N) is 2. The van der Waals surface area contributed by atoms with Crippen molar-refractivity contribution in [3.8, 4) is 0 Å². The molecule has 2 amide bonds. The van der Waals surface area contributed by atoms with Crippen LogP contribution < -0.4 is 10.6 Å². The van der Waals surface area contributed by atoms with Gasteiger partial charge in [-0.05, 0) is 56.3 Å². The largest absolute Gasteiger partial charge is 0.459 e. The Morgan fingerprint density at radius 1 is 1.00 bits per heavy atom. The molecule has 1 aromatic carbocycles. The molecule has 9 heteroatoms. The quantitative estimate of drug-likeness (QED) is 0.749. The molecule has 0 radical (unpaired) electrons. The maximum absolute atomic E-state index is 12.9. The second kappa shape index (κ2) is 8.61. The number of rotatable bonds is 5. The summed E-state index contributed by atoms with van der Waals surface area (Å²) in [4.78, 5) is 27.2. The molecule has 1 aromatic heterocycles. The van der Waals surface area contributed by atoms with Crippen LogP contribution in [0.5, 0.6) is 0 Å². The van der Waals surface area contributed by atoms with Gasteiger partial charge in [-0.15, -0.1) is 0 Å². The molecule has 0 saturated carbocycles. The molecule has 30 heavy (non-hydrogen) atoms. The smallest absolute Gasteiger partial charge is 0.291 e. The SMILES string of the molecule is O=C(N[C@H]1CS(=O)(=O)C[C@@H]1N1CCCCC1)c1cccc(NC(=O)c2ccco2)c1. The highest BCUT2D eigenvalue weighted by Crippen LogP contribution is 2.23. The molecule has 0 unspecified atom stereocenters. The first-order valence-electron chi connectivity index (χ1n) is 10.1. The van der Waals surface area contributed by atoms with Gasteiger partial charge in [0.05, 0.1) is 23.8 Å². The number of amides is 2. The third kappa shape index (κ3) is 4.73. The first-order chi connectivity index (χ1) is 14.4. The molecule has 2 aromatic rings. The first-order valence-corrected chi connectivity index (χ1v) is 11.9. The Kier molecular flexibility index (Phi) is 5.92. The van der Waals surface area contributed by atoms with E-state index in [-0.39, 0.29) is 29.2 Å². The standard InChI is InChI=1S/C21H25N3O5S/c25-20(15-6-4-7-16(12-15)22-21(26)19-8-5-11-29-19)23-17-13-30(27,28)14-18(17)24-9-2-1-3-10-24/h4-8,11-12,17-18H,1-3,9-10,13-14H2,(H,22,26)(H,23,25)/t17-,18-/m0/s1. The van der Waals surface area contributed by atoms with Crippen LogP contribution >= 0.6 is 0 Å². The third-order valence-electron chi connectivity index (χ3n) is 5.63. The van der Waals surface area contributed by atoms with Crippen molar-refractivity contribution in [3.05, 3.63) is 54.0 Å². The Morgan fingerprint density at radius 2 is 1.80 bits per heavy atom. The fraction of sp³-hybridized carbons (Fsp3) is 0.429. The van der Waals surface area contributed by atoms with Crippen LogP contribution in [-0.4, -0.2) is 61.8 Å². The molecule has 0 bridgehead atoms. The summed E-state index contributed by atoms with van der Waals surface area (Å²) in [6.07, 6.45) is 4.67. The molecule has 2 N–H and O–H groups in total. The molecule has 2 aliphatic heterocycles. The number of piperidine rings is 1. The highest BCUT2D eigenvalue weighted by molar-refractivity contribution is 7.91. The fourth-order valence-electron chi connectivity index (χ4n) is 4.17. The zero-order chi connectivity index (χ0) is 21.1. The Labute approximate surface area is 175 Å². The van der Waals surface area contributed by atoms with Crippen molar-refractivity contribution in [1.82, 2.24) is 10.2 Å². The lowest BCUT2D eigenvalue weighted by Crippen LogP contribution is -2.52. The van der Waals surface area contributed by atoms with Crippen LogP contribution in [-0.2, 0) is 9.84 Å². The van der Waals surface area contributed by atoms with Gasteiger partial charge in [-0.3, -0.25) is 14.5 Å². The monoisotopic (exact) mass is 431 g/mol. The van der Waals surface area contributed by atoms with Crippen molar-refractivity contribution in [3.63, 3.8) is 0 Å². The van der Waals surface area contributed by atoms with Gasteiger partial charge in [0.2, 0.25) is 0 Å². The van der Waals surface area contributed by atoms with E-state index in [9.17, 15) is 18.0 Å². The lowest BCUT2D eigenvalue weighted by molar-refractivity contribution is 0.0899. The van der Waals surface area contributed by atoms with Crippen LogP contribution in [0.25, 0.3) is 0 Å². The summed E-state index contributed by atoms with van der Waals surface area (Å²) in [6.45, 7) is 1.72. The van der Waals surface area contributed by atoms with E-state index in [4.69, 9.17) is 4.42 Å². The van der Waals surface area contributed by atoms with Crippen molar-refractivity contribution in [2.45, 2.75) is 31.3 Å². The molecule has 3 heterocycles. The van der Waals surface area contributed by atoms with Crippen LogP contribution in [0.15, 0.2) is 47.1 Å². The zero-order valence-electron chi connectivity index (χ0n) is 16.5. The number of hydrogen-bond acceptors (Lipinski definition) is 6. The third-order valence-corrected chi connectivity index (χ3v) is 7.34. The summed E-state index contributed by atoms with van der Waals surface area (Å²) in [7, 11) is -3.19. The number of carbonyl (C=O) groups is 2. The molecule has 0 spiro atoms.